The lowest BCUT2D eigenvalue weighted by molar-refractivity contribution is -0.118. The maximum atomic E-state index is 12.5. The Hall–Kier alpha value is -2.93. The molecule has 3 aromatic rings. The molecule has 6 nitrogen and oxygen atoms in total. The van der Waals surface area contributed by atoms with Gasteiger partial charge in [0.1, 0.15) is 6.04 Å². The smallest absolute Gasteiger partial charge is 0.287 e. The highest BCUT2D eigenvalue weighted by Crippen LogP contribution is 2.12. The standard InChI is InChI=1S/C17H15N3O3S/c21-15(20-17-18-8-10-24-17)13(11-12-5-2-1-3-6-12)19-16(22)14-7-4-9-23-14/h1-10,13H,11H2,(H,19,22)(H,18,20,21)/t13-/m1/s1. The monoisotopic (exact) mass is 341 g/mol. The van der Waals surface area contributed by atoms with Crippen molar-refractivity contribution in [2.24, 2.45) is 0 Å². The molecular formula is C17H15N3O3S. The molecule has 2 aromatic heterocycles. The third-order valence-electron chi connectivity index (χ3n) is 3.31. The number of nitrogens with one attached hydrogen (secondary N) is 2. The normalized spacial score (nSPS) is 11.7. The van der Waals surface area contributed by atoms with E-state index in [1.807, 2.05) is 30.3 Å². The molecule has 0 saturated heterocycles. The minimum absolute atomic E-state index is 0.162. The Bertz CT molecular complexity index is 786. The van der Waals surface area contributed by atoms with Gasteiger partial charge >= 0.3 is 0 Å². The van der Waals surface area contributed by atoms with Crippen molar-refractivity contribution in [3.05, 3.63) is 71.6 Å². The average molecular weight is 341 g/mol. The SMILES string of the molecule is O=C(N[C@H](Cc1ccccc1)C(=O)Nc1nccs1)c1ccco1. The first-order valence-corrected chi connectivity index (χ1v) is 8.19. The second-order valence-electron chi connectivity index (χ2n) is 5.02. The van der Waals surface area contributed by atoms with Crippen LogP contribution >= 0.6 is 11.3 Å². The van der Waals surface area contributed by atoms with E-state index in [-0.39, 0.29) is 11.7 Å². The van der Waals surface area contributed by atoms with Crippen molar-refractivity contribution in [1.29, 1.82) is 0 Å². The van der Waals surface area contributed by atoms with Gasteiger partial charge in [0.2, 0.25) is 5.91 Å². The van der Waals surface area contributed by atoms with Crippen LogP contribution < -0.4 is 10.6 Å². The van der Waals surface area contributed by atoms with E-state index in [1.54, 1.807) is 23.7 Å². The van der Waals surface area contributed by atoms with Gasteiger partial charge in [0.15, 0.2) is 10.9 Å². The number of rotatable bonds is 6. The first kappa shape index (κ1) is 15.9. The first-order chi connectivity index (χ1) is 11.7. The van der Waals surface area contributed by atoms with Gasteiger partial charge in [-0.3, -0.25) is 9.59 Å². The maximum Gasteiger partial charge on any atom is 0.287 e. The highest BCUT2D eigenvalue weighted by Gasteiger charge is 2.23. The van der Waals surface area contributed by atoms with E-state index >= 15 is 0 Å². The summed E-state index contributed by atoms with van der Waals surface area (Å²) in [4.78, 5) is 28.8. The van der Waals surface area contributed by atoms with Crippen LogP contribution in [0.2, 0.25) is 0 Å². The molecule has 0 spiro atoms. The van der Waals surface area contributed by atoms with Crippen LogP contribution in [0.1, 0.15) is 16.1 Å². The highest BCUT2D eigenvalue weighted by molar-refractivity contribution is 7.13. The van der Waals surface area contributed by atoms with Crippen molar-refractivity contribution in [3.8, 4) is 0 Å². The van der Waals surface area contributed by atoms with Crippen LogP contribution in [-0.4, -0.2) is 22.8 Å². The zero-order valence-electron chi connectivity index (χ0n) is 12.6. The molecule has 0 fully saturated rings. The molecule has 0 aliphatic rings. The lowest BCUT2D eigenvalue weighted by Gasteiger charge is -2.17. The van der Waals surface area contributed by atoms with Gasteiger partial charge in [-0.1, -0.05) is 30.3 Å². The van der Waals surface area contributed by atoms with Crippen molar-refractivity contribution in [2.45, 2.75) is 12.5 Å². The van der Waals surface area contributed by atoms with Crippen molar-refractivity contribution < 1.29 is 14.0 Å². The van der Waals surface area contributed by atoms with Gasteiger partial charge in [-0.25, -0.2) is 4.98 Å². The number of furan rings is 1. The fourth-order valence-corrected chi connectivity index (χ4v) is 2.71. The quantitative estimate of drug-likeness (QED) is 0.722. The first-order valence-electron chi connectivity index (χ1n) is 7.31. The van der Waals surface area contributed by atoms with Gasteiger partial charge in [-0.15, -0.1) is 11.3 Å². The van der Waals surface area contributed by atoms with Crippen LogP contribution in [-0.2, 0) is 11.2 Å². The third-order valence-corrected chi connectivity index (χ3v) is 4.00. The van der Waals surface area contributed by atoms with Gasteiger partial charge in [-0.05, 0) is 17.7 Å². The van der Waals surface area contributed by atoms with E-state index in [4.69, 9.17) is 4.42 Å². The van der Waals surface area contributed by atoms with Crippen molar-refractivity contribution >= 4 is 28.3 Å². The summed E-state index contributed by atoms with van der Waals surface area (Å²) >= 11 is 1.32. The van der Waals surface area contributed by atoms with Crippen LogP contribution in [0.15, 0.2) is 64.7 Å². The average Bonchev–Trinajstić information content (AvgIpc) is 3.29. The van der Waals surface area contributed by atoms with Crippen LogP contribution in [0.3, 0.4) is 0 Å². The molecule has 122 valence electrons. The predicted octanol–water partition coefficient (Wildman–Crippen LogP) is 2.72. The zero-order chi connectivity index (χ0) is 16.8. The molecule has 0 aliphatic heterocycles. The van der Waals surface area contributed by atoms with Crippen LogP contribution in [0.5, 0.6) is 0 Å². The Morgan fingerprint density at radius 1 is 1.17 bits per heavy atom. The molecule has 2 amide bonds. The number of thiazole rings is 1. The van der Waals surface area contributed by atoms with Gasteiger partial charge < -0.3 is 15.1 Å². The van der Waals surface area contributed by atoms with Crippen LogP contribution in [0.4, 0.5) is 5.13 Å². The summed E-state index contributed by atoms with van der Waals surface area (Å²) in [6.07, 6.45) is 3.38. The number of aromatic nitrogens is 1. The molecular weight excluding hydrogens is 326 g/mol. The zero-order valence-corrected chi connectivity index (χ0v) is 13.5. The molecule has 0 aliphatic carbocycles. The van der Waals surface area contributed by atoms with E-state index < -0.39 is 11.9 Å². The second kappa shape index (κ2) is 7.56. The van der Waals surface area contributed by atoms with Crippen molar-refractivity contribution in [3.63, 3.8) is 0 Å². The molecule has 24 heavy (non-hydrogen) atoms. The summed E-state index contributed by atoms with van der Waals surface area (Å²) in [5, 5.41) is 7.69. The van der Waals surface area contributed by atoms with Crippen molar-refractivity contribution in [2.75, 3.05) is 5.32 Å². The van der Waals surface area contributed by atoms with Crippen LogP contribution in [0, 0.1) is 0 Å². The van der Waals surface area contributed by atoms with E-state index in [1.165, 1.54) is 17.6 Å². The number of hydrogen-bond donors (Lipinski definition) is 2. The lowest BCUT2D eigenvalue weighted by atomic mass is 10.1. The van der Waals surface area contributed by atoms with E-state index in [9.17, 15) is 9.59 Å². The minimum atomic E-state index is -0.742. The highest BCUT2D eigenvalue weighted by atomic mass is 32.1. The summed E-state index contributed by atoms with van der Waals surface area (Å²) in [7, 11) is 0. The second-order valence-corrected chi connectivity index (χ2v) is 5.91. The number of benzene rings is 1. The molecule has 0 saturated carbocycles. The molecule has 7 heteroatoms. The summed E-state index contributed by atoms with van der Waals surface area (Å²) in [5.74, 6) is -0.598. The number of anilines is 1. The Labute approximate surface area is 142 Å². The Morgan fingerprint density at radius 2 is 2.00 bits per heavy atom. The van der Waals surface area contributed by atoms with Crippen molar-refractivity contribution in [1.82, 2.24) is 10.3 Å². The predicted molar refractivity (Wildman–Crippen MR) is 90.9 cm³/mol. The molecule has 2 N–H and O–H groups in total. The molecule has 0 bridgehead atoms. The number of hydrogen-bond acceptors (Lipinski definition) is 5. The number of carbonyl (C=O) groups is 2. The Kier molecular flexibility index (Phi) is 5.02. The summed E-state index contributed by atoms with van der Waals surface area (Å²) in [6.45, 7) is 0. The van der Waals surface area contributed by atoms with E-state index in [0.717, 1.165) is 5.56 Å². The lowest BCUT2D eigenvalue weighted by Crippen LogP contribution is -2.45. The topological polar surface area (TPSA) is 84.2 Å². The summed E-state index contributed by atoms with van der Waals surface area (Å²) in [6, 6.07) is 11.9. The molecule has 0 unspecified atom stereocenters. The number of amides is 2. The Balaban J connectivity index is 1.74. The number of carbonyl (C=O) groups excluding carboxylic acids is 2. The minimum Gasteiger partial charge on any atom is -0.459 e. The largest absolute Gasteiger partial charge is 0.459 e. The Morgan fingerprint density at radius 3 is 2.67 bits per heavy atom. The van der Waals surface area contributed by atoms with Gasteiger partial charge in [0.25, 0.3) is 5.91 Å². The molecule has 1 aromatic carbocycles. The summed E-state index contributed by atoms with van der Waals surface area (Å²) in [5.41, 5.74) is 0.941. The molecule has 0 radical (unpaired) electrons. The van der Waals surface area contributed by atoms with Gasteiger partial charge in [0.05, 0.1) is 6.26 Å². The van der Waals surface area contributed by atoms with E-state index in [2.05, 4.69) is 15.6 Å². The fraction of sp³-hybridized carbons (Fsp3) is 0.118. The summed E-state index contributed by atoms with van der Waals surface area (Å²) < 4.78 is 5.08. The molecule has 1 atom stereocenters. The third kappa shape index (κ3) is 4.08. The number of nitrogens with zero attached hydrogens (tertiary/aromatic N) is 1. The van der Waals surface area contributed by atoms with E-state index in [0.29, 0.717) is 11.6 Å². The molecule has 2 heterocycles. The fourth-order valence-electron chi connectivity index (χ4n) is 2.17. The maximum absolute atomic E-state index is 12.5. The molecule has 3 rings (SSSR count). The van der Waals surface area contributed by atoms with Crippen LogP contribution in [0.25, 0.3) is 0 Å². The van der Waals surface area contributed by atoms with Gasteiger partial charge in [-0.2, -0.15) is 0 Å². The van der Waals surface area contributed by atoms with Gasteiger partial charge in [0, 0.05) is 18.0 Å².